The molecule has 1 N–H and O–H groups in total. The summed E-state index contributed by atoms with van der Waals surface area (Å²) in [7, 11) is 0. The number of likely N-dealkylation sites (tertiary alicyclic amines) is 1. The van der Waals surface area contributed by atoms with E-state index in [-0.39, 0.29) is 0 Å². The van der Waals surface area contributed by atoms with E-state index < -0.39 is 0 Å². The van der Waals surface area contributed by atoms with Crippen LogP contribution in [0.3, 0.4) is 0 Å². The minimum absolute atomic E-state index is 0.647. The standard InChI is InChI=1S/C15H21N5/c1-11(2)20-8-5-12(10-20)9-18-14-4-3-13-15(19-14)17-7-6-16-13/h3-4,6-7,11-12H,5,8-10H2,1-2H3,(H,17,18,19). The molecule has 0 aliphatic carbocycles. The molecule has 3 rings (SSSR count). The molecule has 5 heteroatoms. The number of pyridine rings is 1. The molecular formula is C15H21N5. The van der Waals surface area contributed by atoms with Gasteiger partial charge >= 0.3 is 0 Å². The fraction of sp³-hybridized carbons (Fsp3) is 0.533. The molecule has 20 heavy (non-hydrogen) atoms. The Hall–Kier alpha value is -1.75. The molecule has 106 valence electrons. The van der Waals surface area contributed by atoms with Crippen molar-refractivity contribution in [2.24, 2.45) is 5.92 Å². The molecule has 1 atom stereocenters. The summed E-state index contributed by atoms with van der Waals surface area (Å²) in [6, 6.07) is 4.59. The lowest BCUT2D eigenvalue weighted by Crippen LogP contribution is -2.29. The highest BCUT2D eigenvalue weighted by molar-refractivity contribution is 5.71. The molecule has 2 aromatic rings. The van der Waals surface area contributed by atoms with Crippen LogP contribution in [0, 0.1) is 5.92 Å². The summed E-state index contributed by atoms with van der Waals surface area (Å²) >= 11 is 0. The molecule has 1 fully saturated rings. The third-order valence-corrected chi connectivity index (χ3v) is 3.95. The van der Waals surface area contributed by atoms with Gasteiger partial charge in [0.05, 0.1) is 0 Å². The van der Waals surface area contributed by atoms with Crippen LogP contribution in [0.1, 0.15) is 20.3 Å². The first kappa shape index (κ1) is 13.2. The number of hydrogen-bond acceptors (Lipinski definition) is 5. The second-order valence-corrected chi connectivity index (χ2v) is 5.72. The van der Waals surface area contributed by atoms with E-state index in [0.29, 0.717) is 17.6 Å². The van der Waals surface area contributed by atoms with Crippen LogP contribution in [0.15, 0.2) is 24.5 Å². The SMILES string of the molecule is CC(C)N1CCC(CNc2ccc3nccnc3n2)C1. The van der Waals surface area contributed by atoms with Crippen molar-refractivity contribution in [1.82, 2.24) is 19.9 Å². The lowest BCUT2D eigenvalue weighted by atomic mass is 10.1. The van der Waals surface area contributed by atoms with Crippen molar-refractivity contribution in [1.29, 1.82) is 0 Å². The Kier molecular flexibility index (Phi) is 3.78. The lowest BCUT2D eigenvalue weighted by Gasteiger charge is -2.20. The Bertz CT molecular complexity index is 583. The van der Waals surface area contributed by atoms with E-state index in [2.05, 4.69) is 39.0 Å². The molecule has 5 nitrogen and oxygen atoms in total. The molecule has 0 saturated carbocycles. The molecule has 1 aliphatic rings. The number of nitrogens with one attached hydrogen (secondary N) is 1. The maximum atomic E-state index is 4.49. The predicted octanol–water partition coefficient (Wildman–Crippen LogP) is 2.17. The summed E-state index contributed by atoms with van der Waals surface area (Å²) in [5.74, 6) is 1.60. The first-order valence-corrected chi connectivity index (χ1v) is 7.28. The van der Waals surface area contributed by atoms with E-state index >= 15 is 0 Å². The van der Waals surface area contributed by atoms with Crippen molar-refractivity contribution in [3.8, 4) is 0 Å². The molecule has 0 radical (unpaired) electrons. The van der Waals surface area contributed by atoms with Crippen molar-refractivity contribution in [3.63, 3.8) is 0 Å². The highest BCUT2D eigenvalue weighted by Gasteiger charge is 2.23. The highest BCUT2D eigenvalue weighted by atomic mass is 15.2. The lowest BCUT2D eigenvalue weighted by molar-refractivity contribution is 0.266. The molecule has 2 aromatic heterocycles. The van der Waals surface area contributed by atoms with Crippen molar-refractivity contribution in [2.75, 3.05) is 25.0 Å². The van der Waals surface area contributed by atoms with Gasteiger partial charge in [-0.15, -0.1) is 0 Å². The van der Waals surface area contributed by atoms with Gasteiger partial charge in [-0.25, -0.2) is 9.97 Å². The highest BCUT2D eigenvalue weighted by Crippen LogP contribution is 2.19. The third-order valence-electron chi connectivity index (χ3n) is 3.95. The molecule has 0 amide bonds. The van der Waals surface area contributed by atoms with Crippen LogP contribution in [-0.2, 0) is 0 Å². The van der Waals surface area contributed by atoms with E-state index in [9.17, 15) is 0 Å². The zero-order valence-electron chi connectivity index (χ0n) is 12.1. The first-order valence-electron chi connectivity index (χ1n) is 7.28. The van der Waals surface area contributed by atoms with Gasteiger partial charge in [0, 0.05) is 31.5 Å². The van der Waals surface area contributed by atoms with Crippen LogP contribution in [-0.4, -0.2) is 45.5 Å². The van der Waals surface area contributed by atoms with Gasteiger partial charge < -0.3 is 10.2 Å². The van der Waals surface area contributed by atoms with Gasteiger partial charge in [0.1, 0.15) is 11.3 Å². The fourth-order valence-corrected chi connectivity index (χ4v) is 2.70. The van der Waals surface area contributed by atoms with Crippen LogP contribution < -0.4 is 5.32 Å². The number of nitrogens with zero attached hydrogens (tertiary/aromatic N) is 4. The molecular weight excluding hydrogens is 250 g/mol. The summed E-state index contributed by atoms with van der Waals surface area (Å²) in [5, 5.41) is 3.43. The Morgan fingerprint density at radius 3 is 2.95 bits per heavy atom. The quantitative estimate of drug-likeness (QED) is 0.923. The predicted molar refractivity (Wildman–Crippen MR) is 80.6 cm³/mol. The number of hydrogen-bond donors (Lipinski definition) is 1. The summed E-state index contributed by atoms with van der Waals surface area (Å²) in [6.45, 7) is 7.89. The smallest absolute Gasteiger partial charge is 0.180 e. The summed E-state index contributed by atoms with van der Waals surface area (Å²) in [6.07, 6.45) is 4.63. The van der Waals surface area contributed by atoms with E-state index in [1.165, 1.54) is 19.5 Å². The van der Waals surface area contributed by atoms with Crippen molar-refractivity contribution >= 4 is 17.0 Å². The van der Waals surface area contributed by atoms with Crippen LogP contribution in [0.5, 0.6) is 0 Å². The van der Waals surface area contributed by atoms with Crippen molar-refractivity contribution < 1.29 is 0 Å². The van der Waals surface area contributed by atoms with Crippen molar-refractivity contribution in [2.45, 2.75) is 26.3 Å². The minimum Gasteiger partial charge on any atom is -0.370 e. The maximum Gasteiger partial charge on any atom is 0.180 e. The average molecular weight is 271 g/mol. The molecule has 0 bridgehead atoms. The summed E-state index contributed by atoms with van der Waals surface area (Å²) in [5.41, 5.74) is 1.54. The molecule has 1 unspecified atom stereocenters. The van der Waals surface area contributed by atoms with Gasteiger partial charge in [-0.3, -0.25) is 4.98 Å². The number of anilines is 1. The van der Waals surface area contributed by atoms with Gasteiger partial charge in [-0.05, 0) is 44.9 Å². The number of rotatable bonds is 4. The summed E-state index contributed by atoms with van der Waals surface area (Å²) in [4.78, 5) is 15.5. The minimum atomic E-state index is 0.647. The molecule has 0 spiro atoms. The molecule has 1 saturated heterocycles. The molecule has 0 aromatic carbocycles. The Morgan fingerprint density at radius 2 is 2.15 bits per heavy atom. The van der Waals surface area contributed by atoms with E-state index in [4.69, 9.17) is 0 Å². The molecule has 1 aliphatic heterocycles. The largest absolute Gasteiger partial charge is 0.370 e. The van der Waals surface area contributed by atoms with Crippen LogP contribution in [0.4, 0.5) is 5.82 Å². The first-order chi connectivity index (χ1) is 9.72. The normalized spacial score (nSPS) is 19.9. The van der Waals surface area contributed by atoms with E-state index in [0.717, 1.165) is 17.9 Å². The number of aromatic nitrogens is 3. The second-order valence-electron chi connectivity index (χ2n) is 5.72. The Labute approximate surface area is 119 Å². The monoisotopic (exact) mass is 271 g/mol. The van der Waals surface area contributed by atoms with Gasteiger partial charge in [-0.1, -0.05) is 0 Å². The zero-order chi connectivity index (χ0) is 13.9. The average Bonchev–Trinajstić information content (AvgIpc) is 2.94. The number of fused-ring (bicyclic) bond motifs is 1. The van der Waals surface area contributed by atoms with Gasteiger partial charge in [0.2, 0.25) is 0 Å². The van der Waals surface area contributed by atoms with Crippen LogP contribution in [0.25, 0.3) is 11.2 Å². The zero-order valence-corrected chi connectivity index (χ0v) is 12.1. The maximum absolute atomic E-state index is 4.49. The summed E-state index contributed by atoms with van der Waals surface area (Å²) < 4.78 is 0. The molecule has 3 heterocycles. The van der Waals surface area contributed by atoms with Gasteiger partial charge in [0.25, 0.3) is 0 Å². The second kappa shape index (κ2) is 5.71. The Balaban J connectivity index is 1.60. The third kappa shape index (κ3) is 2.88. The van der Waals surface area contributed by atoms with Crippen LogP contribution >= 0.6 is 0 Å². The van der Waals surface area contributed by atoms with E-state index in [1.54, 1.807) is 12.4 Å². The van der Waals surface area contributed by atoms with Crippen molar-refractivity contribution in [3.05, 3.63) is 24.5 Å². The fourth-order valence-electron chi connectivity index (χ4n) is 2.70. The Morgan fingerprint density at radius 1 is 1.30 bits per heavy atom. The topological polar surface area (TPSA) is 53.9 Å². The van der Waals surface area contributed by atoms with E-state index in [1.807, 2.05) is 12.1 Å². The van der Waals surface area contributed by atoms with Gasteiger partial charge in [0.15, 0.2) is 5.65 Å². The van der Waals surface area contributed by atoms with Gasteiger partial charge in [-0.2, -0.15) is 0 Å². The van der Waals surface area contributed by atoms with Crippen LogP contribution in [0.2, 0.25) is 0 Å².